The zero-order chi connectivity index (χ0) is 26.5. The predicted molar refractivity (Wildman–Crippen MR) is 140 cm³/mol. The molecule has 3 aromatic rings. The zero-order valence-electron chi connectivity index (χ0n) is 21.2. The minimum Gasteiger partial charge on any atom is -0.492 e. The van der Waals surface area contributed by atoms with Gasteiger partial charge in [-0.05, 0) is 62.7 Å². The van der Waals surface area contributed by atoms with E-state index in [9.17, 15) is 9.59 Å². The molecule has 2 heterocycles. The van der Waals surface area contributed by atoms with Crippen molar-refractivity contribution in [3.8, 4) is 5.75 Å². The summed E-state index contributed by atoms with van der Waals surface area (Å²) in [5, 5.41) is 2.68. The number of anilines is 2. The first kappa shape index (κ1) is 27.2. The number of imidazole rings is 1. The van der Waals surface area contributed by atoms with Crippen LogP contribution in [0.2, 0.25) is 0 Å². The number of nitrogen functional groups attached to an aromatic ring is 1. The number of aryl methyl sites for hydroxylation is 2. The summed E-state index contributed by atoms with van der Waals surface area (Å²) in [6.45, 7) is 11.8. The minimum atomic E-state index is -0.553. The maximum atomic E-state index is 12.0. The van der Waals surface area contributed by atoms with Gasteiger partial charge in [0.25, 0.3) is 5.82 Å². The molecule has 0 saturated heterocycles. The normalized spacial score (nSPS) is 11.4. The van der Waals surface area contributed by atoms with Crippen molar-refractivity contribution in [1.29, 1.82) is 0 Å². The Morgan fingerprint density at radius 3 is 2.72 bits per heavy atom. The van der Waals surface area contributed by atoms with Crippen LogP contribution in [0.25, 0.3) is 11.0 Å². The lowest BCUT2D eigenvalue weighted by Crippen LogP contribution is -2.40. The number of halogens is 1. The average molecular weight is 563 g/mol. The number of alkyl carbamates (subject to hydrolysis) is 1. The summed E-state index contributed by atoms with van der Waals surface area (Å²) in [6, 6.07) is 5.84. The fourth-order valence-corrected chi connectivity index (χ4v) is 4.14. The first-order valence-electron chi connectivity index (χ1n) is 11.7. The standard InChI is InChI=1S/C24H32BrN7O4/c1-6-31-17-9-8-16(35-11-10-27-23(34)36-24(3,4)5)12-18(17)32(7-2)20(31)14-30(15-33)22-21(26)28-13-19(25)29-22/h8-9,12-13,15H,6-7,10-11,14H2,1-5H3,(H2-,26,27,28,34)/p+1. The van der Waals surface area contributed by atoms with Crippen molar-refractivity contribution in [2.45, 2.75) is 59.9 Å². The maximum Gasteiger partial charge on any atom is 0.407 e. The predicted octanol–water partition coefficient (Wildman–Crippen LogP) is 3.17. The van der Waals surface area contributed by atoms with Gasteiger partial charge >= 0.3 is 6.09 Å². The lowest BCUT2D eigenvalue weighted by molar-refractivity contribution is -0.676. The van der Waals surface area contributed by atoms with E-state index in [2.05, 4.69) is 40.3 Å². The van der Waals surface area contributed by atoms with Gasteiger partial charge in [0.1, 0.15) is 29.1 Å². The number of hydrogen-bond acceptors (Lipinski definition) is 7. The van der Waals surface area contributed by atoms with Gasteiger partial charge in [-0.15, -0.1) is 0 Å². The number of amides is 2. The highest BCUT2D eigenvalue weighted by Gasteiger charge is 2.27. The Balaban J connectivity index is 1.83. The van der Waals surface area contributed by atoms with Crippen molar-refractivity contribution in [1.82, 2.24) is 19.9 Å². The molecule has 0 unspecified atom stereocenters. The van der Waals surface area contributed by atoms with Crippen molar-refractivity contribution in [3.63, 3.8) is 0 Å². The van der Waals surface area contributed by atoms with Crippen LogP contribution in [0.3, 0.4) is 0 Å². The van der Waals surface area contributed by atoms with Crippen LogP contribution < -0.4 is 25.3 Å². The number of ether oxygens (including phenoxy) is 2. The van der Waals surface area contributed by atoms with Crippen LogP contribution in [-0.2, 0) is 29.2 Å². The molecule has 3 N–H and O–H groups in total. The maximum absolute atomic E-state index is 12.0. The quantitative estimate of drug-likeness (QED) is 0.220. The number of nitrogens with one attached hydrogen (secondary N) is 1. The third-order valence-electron chi connectivity index (χ3n) is 5.29. The third-order valence-corrected chi connectivity index (χ3v) is 5.67. The number of nitrogens with zero attached hydrogens (tertiary/aromatic N) is 5. The fraction of sp³-hybridized carbons (Fsp3) is 0.458. The van der Waals surface area contributed by atoms with Crippen molar-refractivity contribution in [2.75, 3.05) is 23.8 Å². The van der Waals surface area contributed by atoms with E-state index in [-0.39, 0.29) is 24.8 Å². The van der Waals surface area contributed by atoms with E-state index < -0.39 is 11.7 Å². The average Bonchev–Trinajstić information content (AvgIpc) is 3.12. The molecule has 0 aliphatic rings. The Bertz CT molecular complexity index is 1240. The van der Waals surface area contributed by atoms with Crippen LogP contribution in [0, 0.1) is 0 Å². The molecule has 11 nitrogen and oxygen atoms in total. The van der Waals surface area contributed by atoms with Gasteiger partial charge in [-0.1, -0.05) is 0 Å². The van der Waals surface area contributed by atoms with Gasteiger partial charge < -0.3 is 20.5 Å². The minimum absolute atomic E-state index is 0.170. The molecule has 3 rings (SSSR count). The third kappa shape index (κ3) is 6.42. The van der Waals surface area contributed by atoms with Crippen LogP contribution >= 0.6 is 15.9 Å². The van der Waals surface area contributed by atoms with Gasteiger partial charge in [-0.3, -0.25) is 9.69 Å². The molecule has 2 aromatic heterocycles. The lowest BCUT2D eigenvalue weighted by Gasteiger charge is -2.19. The number of aromatic nitrogens is 4. The van der Waals surface area contributed by atoms with Crippen LogP contribution in [0.4, 0.5) is 16.4 Å². The summed E-state index contributed by atoms with van der Waals surface area (Å²) in [6.07, 6.45) is 1.71. The van der Waals surface area contributed by atoms with E-state index in [0.717, 1.165) is 16.9 Å². The molecule has 194 valence electrons. The highest BCUT2D eigenvalue weighted by atomic mass is 79.9. The molecule has 0 bridgehead atoms. The van der Waals surface area contributed by atoms with Gasteiger partial charge in [-0.25, -0.2) is 23.9 Å². The van der Waals surface area contributed by atoms with E-state index in [1.54, 1.807) is 0 Å². The number of rotatable bonds is 10. The summed E-state index contributed by atoms with van der Waals surface area (Å²) in [4.78, 5) is 33.7. The van der Waals surface area contributed by atoms with Gasteiger partial charge in [0.05, 0.1) is 25.8 Å². The first-order valence-corrected chi connectivity index (χ1v) is 12.5. The monoisotopic (exact) mass is 562 g/mol. The van der Waals surface area contributed by atoms with Gasteiger partial charge in [0, 0.05) is 6.07 Å². The van der Waals surface area contributed by atoms with Crippen molar-refractivity contribution >= 4 is 51.1 Å². The topological polar surface area (TPSA) is 128 Å². The van der Waals surface area contributed by atoms with Crippen LogP contribution in [-0.4, -0.2) is 45.8 Å². The number of nitrogens with two attached hydrogens (primary N) is 1. The summed E-state index contributed by atoms with van der Waals surface area (Å²) >= 11 is 3.29. The number of hydrogen-bond donors (Lipinski definition) is 2. The molecular weight excluding hydrogens is 530 g/mol. The first-order chi connectivity index (χ1) is 17.1. The Hall–Kier alpha value is -3.41. The van der Waals surface area contributed by atoms with Crippen LogP contribution in [0.15, 0.2) is 29.0 Å². The van der Waals surface area contributed by atoms with E-state index in [4.69, 9.17) is 15.2 Å². The molecule has 0 aliphatic carbocycles. The van der Waals surface area contributed by atoms with E-state index >= 15 is 0 Å². The van der Waals surface area contributed by atoms with Gasteiger partial charge in [0.2, 0.25) is 6.41 Å². The van der Waals surface area contributed by atoms with Crippen molar-refractivity contribution in [3.05, 3.63) is 34.8 Å². The van der Waals surface area contributed by atoms with Crippen LogP contribution in [0.1, 0.15) is 40.4 Å². The molecule has 0 saturated carbocycles. The molecule has 0 atom stereocenters. The number of carbonyl (C=O) groups excluding carboxylic acids is 2. The summed E-state index contributed by atoms with van der Waals surface area (Å²) < 4.78 is 15.9. The van der Waals surface area contributed by atoms with E-state index in [1.165, 1.54) is 11.1 Å². The number of benzene rings is 1. The highest BCUT2D eigenvalue weighted by Crippen LogP contribution is 2.25. The molecular formula is C24H33BrN7O4+. The molecule has 2 amide bonds. The van der Waals surface area contributed by atoms with Crippen molar-refractivity contribution in [2.24, 2.45) is 0 Å². The Morgan fingerprint density at radius 2 is 2.08 bits per heavy atom. The van der Waals surface area contributed by atoms with E-state index in [0.29, 0.717) is 36.4 Å². The van der Waals surface area contributed by atoms with Gasteiger partial charge in [-0.2, -0.15) is 0 Å². The molecule has 0 spiro atoms. The molecule has 36 heavy (non-hydrogen) atoms. The zero-order valence-corrected chi connectivity index (χ0v) is 22.8. The fourth-order valence-electron chi connectivity index (χ4n) is 3.87. The second kappa shape index (κ2) is 11.5. The Kier molecular flexibility index (Phi) is 8.72. The molecule has 0 aliphatic heterocycles. The SMILES string of the molecule is CCn1c(CN(C=O)c2nc(Br)cnc2N)[n+](CC)c2ccc(OCCNC(=O)OC(C)(C)C)cc21. The van der Waals surface area contributed by atoms with Gasteiger partial charge in [0.15, 0.2) is 22.7 Å². The molecule has 1 aromatic carbocycles. The Labute approximate surface area is 218 Å². The second-order valence-corrected chi connectivity index (χ2v) is 9.78. The summed E-state index contributed by atoms with van der Waals surface area (Å²) in [5.74, 6) is 2.04. The number of fused-ring (bicyclic) bond motifs is 1. The largest absolute Gasteiger partial charge is 0.492 e. The molecule has 0 fully saturated rings. The highest BCUT2D eigenvalue weighted by molar-refractivity contribution is 9.10. The molecule has 12 heteroatoms. The number of carbonyl (C=O) groups is 2. The summed E-state index contributed by atoms with van der Waals surface area (Å²) in [7, 11) is 0. The molecule has 0 radical (unpaired) electrons. The van der Waals surface area contributed by atoms with Crippen molar-refractivity contribution < 1.29 is 23.6 Å². The van der Waals surface area contributed by atoms with E-state index in [1.807, 2.05) is 52.8 Å². The Morgan fingerprint density at radius 1 is 1.33 bits per heavy atom. The summed E-state index contributed by atoms with van der Waals surface area (Å²) in [5.41, 5.74) is 7.42. The second-order valence-electron chi connectivity index (χ2n) is 8.97. The smallest absolute Gasteiger partial charge is 0.407 e. The lowest BCUT2D eigenvalue weighted by atomic mass is 10.2. The van der Waals surface area contributed by atoms with Crippen LogP contribution in [0.5, 0.6) is 5.75 Å².